The van der Waals surface area contributed by atoms with Crippen LogP contribution in [0.15, 0.2) is 0 Å². The second kappa shape index (κ2) is 6.65. The van der Waals surface area contributed by atoms with Gasteiger partial charge in [-0.05, 0) is 49.9 Å². The van der Waals surface area contributed by atoms with E-state index in [1.54, 1.807) is 0 Å². The van der Waals surface area contributed by atoms with Gasteiger partial charge in [0.2, 0.25) is 0 Å². The van der Waals surface area contributed by atoms with Crippen molar-refractivity contribution in [2.75, 3.05) is 0 Å². The number of hydrogen-bond donors (Lipinski definition) is 2. The van der Waals surface area contributed by atoms with Gasteiger partial charge < -0.3 is 9.84 Å². The normalized spacial score (nSPS) is 36.1. The standard InChI is InChI=1S/C14H16F6O6S/c15-13(16,17)12(14(18,19)20,27-26-25-23)10(22)24-11-3-6-1-7(4-11)9(21)8(2-6)5-11/h6-9,21,23H,1-5H2. The number of rotatable bonds is 5. The molecule has 4 aliphatic carbocycles. The van der Waals surface area contributed by atoms with Gasteiger partial charge in [0, 0.05) is 0 Å². The van der Waals surface area contributed by atoms with Crippen LogP contribution in [0.2, 0.25) is 0 Å². The molecule has 2 atom stereocenters. The van der Waals surface area contributed by atoms with Crippen molar-refractivity contribution in [2.24, 2.45) is 17.8 Å². The summed E-state index contributed by atoms with van der Waals surface area (Å²) >= 11 is -1.43. The summed E-state index contributed by atoms with van der Waals surface area (Å²) < 4.78 is 83.4. The van der Waals surface area contributed by atoms with Crippen molar-refractivity contribution < 1.29 is 55.6 Å². The molecule has 0 aromatic carbocycles. The van der Waals surface area contributed by atoms with E-state index in [4.69, 9.17) is 9.99 Å². The Labute approximate surface area is 153 Å². The number of esters is 1. The molecule has 156 valence electrons. The van der Waals surface area contributed by atoms with E-state index < -0.39 is 46.8 Å². The van der Waals surface area contributed by atoms with Gasteiger partial charge in [-0.25, -0.2) is 10.1 Å². The fourth-order valence-corrected chi connectivity index (χ4v) is 5.33. The van der Waals surface area contributed by atoms with Crippen molar-refractivity contribution in [2.45, 2.75) is 60.9 Å². The summed E-state index contributed by atoms with van der Waals surface area (Å²) in [6.45, 7) is 0. The number of carbonyl (C=O) groups excluding carboxylic acids is 1. The molecule has 2 N–H and O–H groups in total. The van der Waals surface area contributed by atoms with Gasteiger partial charge in [0.1, 0.15) is 5.60 Å². The lowest BCUT2D eigenvalue weighted by Gasteiger charge is -2.58. The highest BCUT2D eigenvalue weighted by atomic mass is 32.2. The molecule has 0 aromatic heterocycles. The van der Waals surface area contributed by atoms with Crippen LogP contribution < -0.4 is 0 Å². The minimum Gasteiger partial charge on any atom is -0.457 e. The van der Waals surface area contributed by atoms with E-state index in [0.717, 1.165) is 0 Å². The molecule has 4 saturated carbocycles. The largest absolute Gasteiger partial charge is 0.457 e. The molecule has 0 spiro atoms. The van der Waals surface area contributed by atoms with E-state index >= 15 is 0 Å². The predicted molar refractivity (Wildman–Crippen MR) is 75.6 cm³/mol. The molecule has 13 heteroatoms. The molecule has 4 aliphatic rings. The zero-order valence-corrected chi connectivity index (χ0v) is 14.4. The van der Waals surface area contributed by atoms with Crippen LogP contribution in [-0.4, -0.2) is 45.1 Å². The Morgan fingerprint density at radius 3 is 1.96 bits per heavy atom. The average Bonchev–Trinajstić information content (AvgIpc) is 2.49. The second-order valence-corrected chi connectivity index (χ2v) is 8.35. The molecule has 2 unspecified atom stereocenters. The maximum absolute atomic E-state index is 13.4. The van der Waals surface area contributed by atoms with E-state index in [9.17, 15) is 36.2 Å². The zero-order chi connectivity index (χ0) is 20.3. The minimum atomic E-state index is -6.15. The maximum atomic E-state index is 13.4. The lowest BCUT2D eigenvalue weighted by Crippen LogP contribution is -2.64. The summed E-state index contributed by atoms with van der Waals surface area (Å²) in [7, 11) is 0. The van der Waals surface area contributed by atoms with Crippen LogP contribution in [0.5, 0.6) is 0 Å². The summed E-state index contributed by atoms with van der Waals surface area (Å²) in [5.74, 6) is -3.28. The minimum absolute atomic E-state index is 0.000719. The molecule has 4 rings (SSSR count). The molecule has 4 bridgehead atoms. The quantitative estimate of drug-likeness (QED) is 0.229. The molecule has 27 heavy (non-hydrogen) atoms. The van der Waals surface area contributed by atoms with E-state index in [2.05, 4.69) is 9.37 Å². The van der Waals surface area contributed by atoms with Crippen molar-refractivity contribution in [1.29, 1.82) is 0 Å². The van der Waals surface area contributed by atoms with Crippen LogP contribution in [0.3, 0.4) is 0 Å². The van der Waals surface area contributed by atoms with E-state index in [1.165, 1.54) is 0 Å². The van der Waals surface area contributed by atoms with Gasteiger partial charge in [-0.3, -0.25) is 0 Å². The monoisotopic (exact) mass is 426 g/mol. The van der Waals surface area contributed by atoms with Crippen LogP contribution in [0.4, 0.5) is 26.3 Å². The Hall–Kier alpha value is -0.760. The van der Waals surface area contributed by atoms with Gasteiger partial charge in [-0.1, -0.05) is 5.04 Å². The first-order chi connectivity index (χ1) is 12.4. The molecule has 0 aliphatic heterocycles. The smallest absolute Gasteiger partial charge is 0.425 e. The Bertz CT molecular complexity index is 566. The zero-order valence-electron chi connectivity index (χ0n) is 13.5. The molecular weight excluding hydrogens is 410 g/mol. The Kier molecular flexibility index (Phi) is 5.16. The summed E-state index contributed by atoms with van der Waals surface area (Å²) in [5, 5.41) is 21.0. The number of aliphatic hydroxyl groups excluding tert-OH is 1. The van der Waals surface area contributed by atoms with Crippen molar-refractivity contribution in [1.82, 2.24) is 0 Å². The third-order valence-electron chi connectivity index (χ3n) is 5.75. The fraction of sp³-hybridized carbons (Fsp3) is 0.929. The third kappa shape index (κ3) is 3.30. The molecule has 0 heterocycles. The molecule has 6 nitrogen and oxygen atoms in total. The Morgan fingerprint density at radius 2 is 1.52 bits per heavy atom. The topological polar surface area (TPSA) is 85.2 Å². The van der Waals surface area contributed by atoms with Crippen LogP contribution in [0.1, 0.15) is 32.1 Å². The van der Waals surface area contributed by atoms with Crippen molar-refractivity contribution in [3.05, 3.63) is 0 Å². The highest BCUT2D eigenvalue weighted by Crippen LogP contribution is 2.59. The average molecular weight is 426 g/mol. The maximum Gasteiger partial charge on any atom is 0.425 e. The summed E-state index contributed by atoms with van der Waals surface area (Å²) in [6.07, 6.45) is -11.7. The molecule has 0 amide bonds. The lowest BCUT2D eigenvalue weighted by molar-refractivity contribution is -0.434. The van der Waals surface area contributed by atoms with E-state index in [0.29, 0.717) is 12.8 Å². The number of carbonyl (C=O) groups is 1. The number of aliphatic hydroxyl groups is 1. The van der Waals surface area contributed by atoms with Crippen molar-refractivity contribution in [3.63, 3.8) is 0 Å². The van der Waals surface area contributed by atoms with Gasteiger partial charge in [0.25, 0.3) is 0 Å². The predicted octanol–water partition coefficient (Wildman–Crippen LogP) is 3.40. The van der Waals surface area contributed by atoms with Crippen LogP contribution >= 0.6 is 12.0 Å². The fourth-order valence-electron chi connectivity index (χ4n) is 4.90. The number of hydrogen-bond acceptors (Lipinski definition) is 7. The third-order valence-corrected chi connectivity index (χ3v) is 6.76. The molecular formula is C14H16F6O6S. The highest BCUT2D eigenvalue weighted by molar-refractivity contribution is 7.96. The van der Waals surface area contributed by atoms with E-state index in [1.807, 2.05) is 0 Å². The van der Waals surface area contributed by atoms with Gasteiger partial charge in [-0.15, -0.1) is 4.33 Å². The molecule has 0 saturated heterocycles. The number of ether oxygens (including phenoxy) is 1. The first kappa shape index (κ1) is 21.0. The SMILES string of the molecule is O=C(OC12CC3CC(C1)C(O)C(C3)C2)C(SOOO)(C(F)(F)F)C(F)(F)F. The number of alkyl halides is 6. The van der Waals surface area contributed by atoms with Crippen LogP contribution in [-0.2, 0) is 18.9 Å². The van der Waals surface area contributed by atoms with Gasteiger partial charge >= 0.3 is 23.1 Å². The van der Waals surface area contributed by atoms with E-state index in [-0.39, 0.29) is 37.0 Å². The van der Waals surface area contributed by atoms with Gasteiger partial charge in [-0.2, -0.15) is 26.3 Å². The molecule has 4 fully saturated rings. The summed E-state index contributed by atoms with van der Waals surface area (Å²) in [6, 6.07) is 0. The van der Waals surface area contributed by atoms with Crippen LogP contribution in [0.25, 0.3) is 0 Å². The van der Waals surface area contributed by atoms with Gasteiger partial charge in [0.15, 0.2) is 0 Å². The first-order valence-corrected chi connectivity index (χ1v) is 8.80. The summed E-state index contributed by atoms with van der Waals surface area (Å²) in [5.41, 5.74) is -1.49. The first-order valence-electron chi connectivity index (χ1n) is 8.06. The molecule has 0 aromatic rings. The van der Waals surface area contributed by atoms with Crippen LogP contribution in [0, 0.1) is 17.8 Å². The molecule has 0 radical (unpaired) electrons. The lowest BCUT2D eigenvalue weighted by atomic mass is 9.53. The second-order valence-electron chi connectivity index (χ2n) is 7.44. The summed E-state index contributed by atoms with van der Waals surface area (Å²) in [4.78, 5) is 12.3. The highest BCUT2D eigenvalue weighted by Gasteiger charge is 2.80. The van der Waals surface area contributed by atoms with Gasteiger partial charge in [0.05, 0.1) is 18.1 Å². The Morgan fingerprint density at radius 1 is 1.00 bits per heavy atom. The van der Waals surface area contributed by atoms with Crippen molar-refractivity contribution in [3.8, 4) is 0 Å². The van der Waals surface area contributed by atoms with Crippen molar-refractivity contribution >= 4 is 18.0 Å². The number of halogens is 6. The Balaban J connectivity index is 1.91.